The number of benzene rings is 1. The van der Waals surface area contributed by atoms with Gasteiger partial charge in [-0.1, -0.05) is 28.1 Å². The first-order valence-corrected chi connectivity index (χ1v) is 8.27. The van der Waals surface area contributed by atoms with Gasteiger partial charge in [0.15, 0.2) is 0 Å². The molecule has 1 N–H and O–H groups in total. The highest BCUT2D eigenvalue weighted by molar-refractivity contribution is 14.1. The number of aryl methyl sites for hydroxylation is 1. The van der Waals surface area contributed by atoms with Crippen LogP contribution in [0, 0.1) is 10.5 Å². The van der Waals surface area contributed by atoms with Gasteiger partial charge in [-0.2, -0.15) is 0 Å². The summed E-state index contributed by atoms with van der Waals surface area (Å²) in [5.74, 6) is 0.0705. The van der Waals surface area contributed by atoms with Gasteiger partial charge >= 0.3 is 0 Å². The summed E-state index contributed by atoms with van der Waals surface area (Å²) < 4.78 is 1.06. The molecule has 4 heteroatoms. The van der Waals surface area contributed by atoms with Crippen LogP contribution in [0.1, 0.15) is 41.6 Å². The Hall–Kier alpha value is -0.100. The second-order valence-electron chi connectivity index (χ2n) is 4.86. The van der Waals surface area contributed by atoms with Crippen LogP contribution in [0.3, 0.4) is 0 Å². The first kappa shape index (κ1) is 14.3. The molecule has 18 heavy (non-hydrogen) atoms. The summed E-state index contributed by atoms with van der Waals surface area (Å²) >= 11 is 5.88. The molecule has 0 radical (unpaired) electrons. The average molecular weight is 422 g/mol. The minimum absolute atomic E-state index is 0.0705. The Bertz CT molecular complexity index is 441. The quantitative estimate of drug-likeness (QED) is 0.566. The van der Waals surface area contributed by atoms with Crippen LogP contribution in [0.25, 0.3) is 0 Å². The predicted octanol–water partition coefficient (Wildman–Crippen LogP) is 4.04. The van der Waals surface area contributed by atoms with Gasteiger partial charge in [0.05, 0.1) is 5.56 Å². The molecule has 1 aliphatic rings. The van der Waals surface area contributed by atoms with E-state index in [1.165, 1.54) is 0 Å². The number of hydrogen-bond acceptors (Lipinski definition) is 1. The van der Waals surface area contributed by atoms with Crippen LogP contribution < -0.4 is 5.32 Å². The molecular weight excluding hydrogens is 405 g/mol. The standard InChI is InChI=1S/C14H17BrINO/c1-9-3-2-4-12(13(9)16)14(18)17-11-7-5-10(15)6-8-11/h2-4,10-11H,5-8H2,1H3,(H,17,18). The number of nitrogens with one attached hydrogen (secondary N) is 1. The Labute approximate surface area is 130 Å². The molecule has 98 valence electrons. The van der Waals surface area contributed by atoms with Gasteiger partial charge < -0.3 is 5.32 Å². The molecule has 0 heterocycles. The van der Waals surface area contributed by atoms with E-state index in [1.807, 2.05) is 25.1 Å². The van der Waals surface area contributed by atoms with E-state index in [0.29, 0.717) is 10.9 Å². The lowest BCUT2D eigenvalue weighted by molar-refractivity contribution is 0.0927. The molecule has 0 saturated heterocycles. The van der Waals surface area contributed by atoms with Crippen LogP contribution in [-0.4, -0.2) is 16.8 Å². The zero-order chi connectivity index (χ0) is 13.1. The van der Waals surface area contributed by atoms with Crippen molar-refractivity contribution in [2.24, 2.45) is 0 Å². The van der Waals surface area contributed by atoms with Crippen LogP contribution in [0.15, 0.2) is 18.2 Å². The molecule has 0 bridgehead atoms. The lowest BCUT2D eigenvalue weighted by Crippen LogP contribution is -2.38. The third-order valence-corrected chi connectivity index (χ3v) is 5.78. The zero-order valence-electron chi connectivity index (χ0n) is 10.4. The van der Waals surface area contributed by atoms with E-state index in [0.717, 1.165) is 40.4 Å². The van der Waals surface area contributed by atoms with Crippen LogP contribution in [0.2, 0.25) is 0 Å². The van der Waals surface area contributed by atoms with Crippen molar-refractivity contribution in [1.29, 1.82) is 0 Å². The SMILES string of the molecule is Cc1cccc(C(=O)NC2CCC(Br)CC2)c1I. The molecular formula is C14H17BrINO. The largest absolute Gasteiger partial charge is 0.349 e. The first-order valence-electron chi connectivity index (χ1n) is 6.28. The van der Waals surface area contributed by atoms with Crippen LogP contribution in [0.5, 0.6) is 0 Å². The van der Waals surface area contributed by atoms with Crippen molar-refractivity contribution >= 4 is 44.4 Å². The molecule has 1 fully saturated rings. The highest BCUT2D eigenvalue weighted by Gasteiger charge is 2.21. The summed E-state index contributed by atoms with van der Waals surface area (Å²) in [5.41, 5.74) is 1.96. The molecule has 1 amide bonds. The predicted molar refractivity (Wildman–Crippen MR) is 86.3 cm³/mol. The van der Waals surface area contributed by atoms with E-state index in [1.54, 1.807) is 0 Å². The fourth-order valence-electron chi connectivity index (χ4n) is 2.28. The molecule has 1 aromatic rings. The third kappa shape index (κ3) is 3.47. The summed E-state index contributed by atoms with van der Waals surface area (Å²) in [4.78, 5) is 12.9. The van der Waals surface area contributed by atoms with Gasteiger partial charge in [-0.25, -0.2) is 0 Å². The van der Waals surface area contributed by atoms with Gasteiger partial charge in [-0.05, 0) is 66.8 Å². The lowest BCUT2D eigenvalue weighted by atomic mass is 9.95. The molecule has 1 aliphatic carbocycles. The smallest absolute Gasteiger partial charge is 0.252 e. The summed E-state index contributed by atoms with van der Waals surface area (Å²) in [5, 5.41) is 3.16. The van der Waals surface area contributed by atoms with E-state index < -0.39 is 0 Å². The van der Waals surface area contributed by atoms with Crippen LogP contribution >= 0.6 is 38.5 Å². The Kier molecular flexibility index (Phi) is 5.06. The van der Waals surface area contributed by atoms with Crippen molar-refractivity contribution < 1.29 is 4.79 Å². The molecule has 1 aromatic carbocycles. The fraction of sp³-hybridized carbons (Fsp3) is 0.500. The van der Waals surface area contributed by atoms with Gasteiger partial charge in [0, 0.05) is 14.4 Å². The molecule has 1 saturated carbocycles. The summed E-state index contributed by atoms with van der Waals surface area (Å²) in [6, 6.07) is 6.22. The van der Waals surface area contributed by atoms with Crippen molar-refractivity contribution in [2.45, 2.75) is 43.5 Å². The zero-order valence-corrected chi connectivity index (χ0v) is 14.1. The number of carbonyl (C=O) groups excluding carboxylic acids is 1. The summed E-state index contributed by atoms with van der Waals surface area (Å²) in [6.07, 6.45) is 4.44. The maximum Gasteiger partial charge on any atom is 0.252 e. The van der Waals surface area contributed by atoms with Gasteiger partial charge in [-0.3, -0.25) is 4.79 Å². The van der Waals surface area contributed by atoms with E-state index in [2.05, 4.69) is 43.8 Å². The molecule has 0 atom stereocenters. The topological polar surface area (TPSA) is 29.1 Å². The van der Waals surface area contributed by atoms with Crippen LogP contribution in [-0.2, 0) is 0 Å². The molecule has 0 unspecified atom stereocenters. The normalized spacial score (nSPS) is 23.7. The number of alkyl halides is 1. The Morgan fingerprint density at radius 2 is 2.00 bits per heavy atom. The van der Waals surface area contributed by atoms with Gasteiger partial charge in [0.2, 0.25) is 0 Å². The van der Waals surface area contributed by atoms with Crippen molar-refractivity contribution in [2.75, 3.05) is 0 Å². The van der Waals surface area contributed by atoms with E-state index >= 15 is 0 Å². The van der Waals surface area contributed by atoms with E-state index in [-0.39, 0.29) is 5.91 Å². The Balaban J connectivity index is 2.01. The second kappa shape index (κ2) is 6.37. The van der Waals surface area contributed by atoms with Gasteiger partial charge in [-0.15, -0.1) is 0 Å². The molecule has 0 spiro atoms. The Morgan fingerprint density at radius 1 is 1.33 bits per heavy atom. The molecule has 0 aromatic heterocycles. The van der Waals surface area contributed by atoms with Crippen molar-refractivity contribution in [3.8, 4) is 0 Å². The number of amides is 1. The minimum Gasteiger partial charge on any atom is -0.349 e. The monoisotopic (exact) mass is 421 g/mol. The molecule has 2 nitrogen and oxygen atoms in total. The highest BCUT2D eigenvalue weighted by atomic mass is 127. The second-order valence-corrected chi connectivity index (χ2v) is 7.23. The lowest BCUT2D eigenvalue weighted by Gasteiger charge is -2.26. The third-order valence-electron chi connectivity index (χ3n) is 3.43. The average Bonchev–Trinajstić information content (AvgIpc) is 2.35. The maximum absolute atomic E-state index is 12.2. The minimum atomic E-state index is 0.0705. The number of rotatable bonds is 2. The molecule has 0 aliphatic heterocycles. The first-order chi connectivity index (χ1) is 8.58. The maximum atomic E-state index is 12.2. The van der Waals surface area contributed by atoms with Crippen LogP contribution in [0.4, 0.5) is 0 Å². The van der Waals surface area contributed by atoms with E-state index in [4.69, 9.17) is 0 Å². The van der Waals surface area contributed by atoms with Crippen molar-refractivity contribution in [3.63, 3.8) is 0 Å². The highest BCUT2D eigenvalue weighted by Crippen LogP contribution is 2.25. The van der Waals surface area contributed by atoms with Gasteiger partial charge in [0.1, 0.15) is 0 Å². The van der Waals surface area contributed by atoms with Gasteiger partial charge in [0.25, 0.3) is 5.91 Å². The van der Waals surface area contributed by atoms with Crippen molar-refractivity contribution in [1.82, 2.24) is 5.32 Å². The summed E-state index contributed by atoms with van der Waals surface area (Å²) in [7, 11) is 0. The molecule has 2 rings (SSSR count). The number of carbonyl (C=O) groups is 1. The number of halogens is 2. The van der Waals surface area contributed by atoms with Crippen molar-refractivity contribution in [3.05, 3.63) is 32.9 Å². The Morgan fingerprint density at radius 3 is 2.67 bits per heavy atom. The fourth-order valence-corrected chi connectivity index (χ4v) is 3.42. The summed E-state index contributed by atoms with van der Waals surface area (Å²) in [6.45, 7) is 2.04. The number of hydrogen-bond donors (Lipinski definition) is 1. The van der Waals surface area contributed by atoms with E-state index in [9.17, 15) is 4.79 Å².